The summed E-state index contributed by atoms with van der Waals surface area (Å²) in [5.41, 5.74) is 4.66. The molecule has 2 aromatic carbocycles. The van der Waals surface area contributed by atoms with Crippen molar-refractivity contribution in [2.45, 2.75) is 91.3 Å². The van der Waals surface area contributed by atoms with Gasteiger partial charge < -0.3 is 10.2 Å². The molecule has 8 heteroatoms. The second-order valence-corrected chi connectivity index (χ2v) is 12.6. The lowest BCUT2D eigenvalue weighted by Crippen LogP contribution is -2.51. The summed E-state index contributed by atoms with van der Waals surface area (Å²) in [6.07, 6.45) is 6.39. The molecule has 1 N–H and O–H groups in total. The lowest BCUT2D eigenvalue weighted by atomic mass is 10.1. The Morgan fingerprint density at radius 3 is 2.13 bits per heavy atom. The maximum absolute atomic E-state index is 13.6. The summed E-state index contributed by atoms with van der Waals surface area (Å²) in [6.45, 7) is 8.34. The molecule has 208 valence electrons. The average Bonchev–Trinajstić information content (AvgIpc) is 3.34. The molecule has 0 heterocycles. The van der Waals surface area contributed by atoms with Gasteiger partial charge in [-0.25, -0.2) is 8.42 Å². The van der Waals surface area contributed by atoms with Gasteiger partial charge in [-0.15, -0.1) is 0 Å². The van der Waals surface area contributed by atoms with Crippen molar-refractivity contribution in [2.75, 3.05) is 17.1 Å². The van der Waals surface area contributed by atoms with Crippen molar-refractivity contribution in [2.24, 2.45) is 0 Å². The third kappa shape index (κ3) is 8.32. The predicted molar refractivity (Wildman–Crippen MR) is 154 cm³/mol. The molecule has 3 rings (SSSR count). The minimum atomic E-state index is -3.53. The first-order chi connectivity index (χ1) is 18.0. The van der Waals surface area contributed by atoms with Crippen LogP contribution in [-0.2, 0) is 26.2 Å². The summed E-state index contributed by atoms with van der Waals surface area (Å²) in [7, 11) is -3.53. The number of nitrogens with zero attached hydrogens (tertiary/aromatic N) is 2. The number of amides is 2. The minimum absolute atomic E-state index is 0.104. The minimum Gasteiger partial charge on any atom is -0.352 e. The van der Waals surface area contributed by atoms with E-state index < -0.39 is 16.1 Å². The number of hydrogen-bond acceptors (Lipinski definition) is 4. The van der Waals surface area contributed by atoms with E-state index in [4.69, 9.17) is 0 Å². The second-order valence-electron chi connectivity index (χ2n) is 10.7. The van der Waals surface area contributed by atoms with Crippen molar-refractivity contribution in [1.29, 1.82) is 0 Å². The molecule has 2 amide bonds. The molecule has 1 aliphatic rings. The molecule has 1 saturated carbocycles. The van der Waals surface area contributed by atoms with E-state index in [0.717, 1.165) is 47.9 Å². The second kappa shape index (κ2) is 13.3. The molecular formula is C30H43N3O4S. The van der Waals surface area contributed by atoms with Gasteiger partial charge in [0.1, 0.15) is 6.04 Å². The van der Waals surface area contributed by atoms with Crippen molar-refractivity contribution >= 4 is 27.5 Å². The van der Waals surface area contributed by atoms with Crippen LogP contribution in [0.4, 0.5) is 5.69 Å². The first-order valence-corrected chi connectivity index (χ1v) is 15.5. The number of carbonyl (C=O) groups excluding carboxylic acids is 2. The van der Waals surface area contributed by atoms with E-state index in [1.807, 2.05) is 70.2 Å². The van der Waals surface area contributed by atoms with Gasteiger partial charge in [-0.2, -0.15) is 0 Å². The number of benzene rings is 2. The quantitative estimate of drug-likeness (QED) is 0.409. The third-order valence-electron chi connectivity index (χ3n) is 7.21. The van der Waals surface area contributed by atoms with Crippen molar-refractivity contribution < 1.29 is 18.0 Å². The zero-order valence-corrected chi connectivity index (χ0v) is 24.3. The predicted octanol–water partition coefficient (Wildman–Crippen LogP) is 5.02. The van der Waals surface area contributed by atoms with Crippen LogP contribution in [0.25, 0.3) is 0 Å². The van der Waals surface area contributed by atoms with Gasteiger partial charge in [-0.3, -0.25) is 13.9 Å². The van der Waals surface area contributed by atoms with Crippen LogP contribution >= 0.6 is 0 Å². The lowest BCUT2D eigenvalue weighted by molar-refractivity contribution is -0.141. The Labute approximate surface area is 228 Å². The Balaban J connectivity index is 1.76. The van der Waals surface area contributed by atoms with Crippen molar-refractivity contribution in [3.8, 4) is 0 Å². The number of rotatable bonds is 12. The van der Waals surface area contributed by atoms with E-state index in [-0.39, 0.29) is 30.8 Å². The fourth-order valence-electron chi connectivity index (χ4n) is 5.28. The number of sulfonamides is 1. The van der Waals surface area contributed by atoms with Gasteiger partial charge in [0.15, 0.2) is 0 Å². The summed E-state index contributed by atoms with van der Waals surface area (Å²) in [4.78, 5) is 28.6. The van der Waals surface area contributed by atoms with Gasteiger partial charge in [-0.05, 0) is 75.3 Å². The van der Waals surface area contributed by atoms with E-state index in [2.05, 4.69) is 5.32 Å². The fourth-order valence-corrected chi connectivity index (χ4v) is 6.22. The fraction of sp³-hybridized carbons (Fsp3) is 0.533. The zero-order chi connectivity index (χ0) is 27.9. The Hall–Kier alpha value is -2.87. The van der Waals surface area contributed by atoms with Crippen LogP contribution in [0.15, 0.2) is 42.5 Å². The molecule has 38 heavy (non-hydrogen) atoms. The van der Waals surface area contributed by atoms with E-state index in [1.54, 1.807) is 4.90 Å². The highest BCUT2D eigenvalue weighted by molar-refractivity contribution is 7.92. The molecule has 1 fully saturated rings. The number of nitrogens with one attached hydrogen (secondary N) is 1. The molecule has 0 radical (unpaired) electrons. The molecule has 1 atom stereocenters. The highest BCUT2D eigenvalue weighted by atomic mass is 32.2. The van der Waals surface area contributed by atoms with E-state index in [0.29, 0.717) is 25.1 Å². The van der Waals surface area contributed by atoms with Crippen LogP contribution in [0.1, 0.15) is 74.1 Å². The highest BCUT2D eigenvalue weighted by Crippen LogP contribution is 2.23. The van der Waals surface area contributed by atoms with Crippen LogP contribution in [0.3, 0.4) is 0 Å². The summed E-state index contributed by atoms with van der Waals surface area (Å²) in [5.74, 6) is -0.249. The number of aryl methyl sites for hydroxylation is 3. The molecule has 1 aliphatic carbocycles. The highest BCUT2D eigenvalue weighted by Gasteiger charge is 2.30. The zero-order valence-electron chi connectivity index (χ0n) is 23.5. The maximum atomic E-state index is 13.6. The van der Waals surface area contributed by atoms with Crippen LogP contribution < -0.4 is 9.62 Å². The molecule has 0 spiro atoms. The van der Waals surface area contributed by atoms with Gasteiger partial charge >= 0.3 is 0 Å². The number of anilines is 1. The van der Waals surface area contributed by atoms with Crippen molar-refractivity contribution in [3.63, 3.8) is 0 Å². The van der Waals surface area contributed by atoms with Gasteiger partial charge in [0, 0.05) is 25.6 Å². The summed E-state index contributed by atoms with van der Waals surface area (Å²) in [5, 5.41) is 3.17. The summed E-state index contributed by atoms with van der Waals surface area (Å²) >= 11 is 0. The van der Waals surface area contributed by atoms with Gasteiger partial charge in [0.2, 0.25) is 21.8 Å². The van der Waals surface area contributed by atoms with Gasteiger partial charge in [-0.1, -0.05) is 55.7 Å². The molecule has 0 unspecified atom stereocenters. The third-order valence-corrected chi connectivity index (χ3v) is 8.40. The van der Waals surface area contributed by atoms with E-state index in [1.165, 1.54) is 10.6 Å². The van der Waals surface area contributed by atoms with Crippen LogP contribution in [0, 0.1) is 20.8 Å². The molecule has 2 aromatic rings. The smallest absolute Gasteiger partial charge is 0.243 e. The van der Waals surface area contributed by atoms with E-state index in [9.17, 15) is 18.0 Å². The molecular weight excluding hydrogens is 498 g/mol. The van der Waals surface area contributed by atoms with Crippen LogP contribution in [-0.4, -0.2) is 50.0 Å². The summed E-state index contributed by atoms with van der Waals surface area (Å²) < 4.78 is 26.6. The largest absolute Gasteiger partial charge is 0.352 e. The first kappa shape index (κ1) is 29.7. The maximum Gasteiger partial charge on any atom is 0.243 e. The summed E-state index contributed by atoms with van der Waals surface area (Å²) in [6, 6.07) is 13.3. The normalized spacial score (nSPS) is 14.8. The Kier molecular flexibility index (Phi) is 10.4. The van der Waals surface area contributed by atoms with Gasteiger partial charge in [0.05, 0.1) is 11.9 Å². The van der Waals surface area contributed by atoms with Crippen LogP contribution in [0.2, 0.25) is 0 Å². The molecule has 7 nitrogen and oxygen atoms in total. The molecule has 0 aliphatic heterocycles. The molecule has 0 bridgehead atoms. The Bertz CT molecular complexity index is 1180. The Morgan fingerprint density at radius 2 is 1.58 bits per heavy atom. The molecule has 0 saturated heterocycles. The monoisotopic (exact) mass is 541 g/mol. The topological polar surface area (TPSA) is 86.8 Å². The van der Waals surface area contributed by atoms with Gasteiger partial charge in [0.25, 0.3) is 0 Å². The molecule has 0 aromatic heterocycles. The SMILES string of the molecule is CC[C@H](C(=O)NC1CCCC1)N(Cc1ccc(C)cc1)C(=O)CCCN(c1cc(C)cc(C)c1)S(C)(=O)=O. The number of carbonyl (C=O) groups is 2. The average molecular weight is 542 g/mol. The first-order valence-electron chi connectivity index (χ1n) is 13.7. The van der Waals surface area contributed by atoms with Crippen molar-refractivity contribution in [1.82, 2.24) is 10.2 Å². The standard InChI is InChI=1S/C30H43N3O4S/c1-6-28(30(35)31-26-10-7-8-11-26)32(21-25-15-13-22(2)14-16-25)29(34)12-9-17-33(38(5,36)37)27-19-23(3)18-24(4)20-27/h13-16,18-20,26,28H,6-12,17,21H2,1-5H3,(H,31,35)/t28-/m1/s1. The number of hydrogen-bond donors (Lipinski definition) is 1. The lowest BCUT2D eigenvalue weighted by Gasteiger charge is -2.32. The van der Waals surface area contributed by atoms with E-state index >= 15 is 0 Å². The van der Waals surface area contributed by atoms with Crippen molar-refractivity contribution in [3.05, 3.63) is 64.7 Å². The van der Waals surface area contributed by atoms with Crippen LogP contribution in [0.5, 0.6) is 0 Å². The Morgan fingerprint density at radius 1 is 0.974 bits per heavy atom.